The molecule has 5 bridgehead atoms. The molecule has 0 aromatic heterocycles. The van der Waals surface area contributed by atoms with Crippen molar-refractivity contribution >= 4 is 40.2 Å². The van der Waals surface area contributed by atoms with E-state index in [-0.39, 0.29) is 25.3 Å². The van der Waals surface area contributed by atoms with Gasteiger partial charge in [-0.2, -0.15) is 0 Å². The Labute approximate surface area is 320 Å². The third-order valence-electron chi connectivity index (χ3n) is 11.8. The van der Waals surface area contributed by atoms with Crippen molar-refractivity contribution in [1.29, 1.82) is 0 Å². The highest BCUT2D eigenvalue weighted by Gasteiger charge is 2.74. The number of anilines is 1. The molecule has 2 fully saturated rings. The highest BCUT2D eigenvalue weighted by Crippen LogP contribution is 2.56. The van der Waals surface area contributed by atoms with E-state index < -0.39 is 72.2 Å². The van der Waals surface area contributed by atoms with Gasteiger partial charge in [-0.05, 0) is 53.8 Å². The first-order valence-electron chi connectivity index (χ1n) is 19.0. The molecule has 3 amide bonds. The predicted molar refractivity (Wildman–Crippen MR) is 208 cm³/mol. The summed E-state index contributed by atoms with van der Waals surface area (Å²) >= 11 is 0. The fourth-order valence-electron chi connectivity index (χ4n) is 8.90. The molecule has 282 valence electrons. The van der Waals surface area contributed by atoms with Crippen molar-refractivity contribution < 1.29 is 33.8 Å². The number of nitrogens with zero attached hydrogens (tertiary/aromatic N) is 3. The standard InChI is InChI=1S/C45H45N3O7/c1-29-40(32-17-8-4-9-18-32)54-44(53)38-36-23-24-45(55-36)39(38)42(51)48(35(28-49)26-30-14-6-3-7-15-30)41(45)43(52)47(25-13-5-10-20-37(50)46(29)2)34-22-21-31-16-11-12-19-33(31)27-34/h3-9,11-19,21-24,27,29,35-36,38-41,49H,10,20,25-26,28H2,1-2H3/b13-5-/t29-,35-,36+,38-,39-,40+,41+,45-/m1/s1. The molecule has 4 aliphatic rings. The van der Waals surface area contributed by atoms with E-state index in [0.717, 1.165) is 16.3 Å². The van der Waals surface area contributed by atoms with Gasteiger partial charge in [0.2, 0.25) is 11.8 Å². The summed E-state index contributed by atoms with van der Waals surface area (Å²) in [6.45, 7) is 1.58. The topological polar surface area (TPSA) is 117 Å². The molecule has 8 rings (SSSR count). The fourth-order valence-corrected chi connectivity index (χ4v) is 8.90. The van der Waals surface area contributed by atoms with Gasteiger partial charge in [-0.1, -0.05) is 115 Å². The van der Waals surface area contributed by atoms with Crippen molar-refractivity contribution in [3.8, 4) is 0 Å². The SMILES string of the molecule is C[C@@H]1[C@@H](c2ccccc2)OC(=O)[C@@H]2[C@@H]3C=C[C@]4(O3)[C@H](C(=O)N(c3ccc5ccccc5c3)C/C=C\CCC(=O)N1C)N([C@@H](CO)Cc1ccccc1)C(=O)[C@@H]24. The second-order valence-electron chi connectivity index (χ2n) is 15.0. The molecular weight excluding hydrogens is 695 g/mol. The summed E-state index contributed by atoms with van der Waals surface area (Å²) in [6.07, 6.45) is 6.55. The summed E-state index contributed by atoms with van der Waals surface area (Å²) in [6, 6.07) is 29.9. The molecule has 0 radical (unpaired) electrons. The Morgan fingerprint density at radius 2 is 1.56 bits per heavy atom. The van der Waals surface area contributed by atoms with Gasteiger partial charge in [0.1, 0.15) is 23.7 Å². The van der Waals surface area contributed by atoms with Gasteiger partial charge in [-0.3, -0.25) is 19.2 Å². The Hall–Kier alpha value is -5.58. The van der Waals surface area contributed by atoms with Crippen LogP contribution in [0.1, 0.15) is 37.0 Å². The number of carbonyl (C=O) groups excluding carboxylic acids is 4. The zero-order valence-electron chi connectivity index (χ0n) is 30.9. The normalized spacial score (nSPS) is 29.5. The minimum absolute atomic E-state index is 0.121. The van der Waals surface area contributed by atoms with Crippen LogP contribution >= 0.6 is 0 Å². The lowest BCUT2D eigenvalue weighted by Crippen LogP contribution is -2.59. The van der Waals surface area contributed by atoms with E-state index in [2.05, 4.69) is 0 Å². The lowest BCUT2D eigenvalue weighted by atomic mass is 9.74. The van der Waals surface area contributed by atoms with E-state index in [4.69, 9.17) is 9.47 Å². The fraction of sp³-hybridized carbons (Fsp3) is 0.333. The lowest BCUT2D eigenvalue weighted by Gasteiger charge is -2.39. The summed E-state index contributed by atoms with van der Waals surface area (Å²) < 4.78 is 13.1. The van der Waals surface area contributed by atoms with Gasteiger partial charge in [0.05, 0.1) is 30.7 Å². The Kier molecular flexibility index (Phi) is 9.88. The molecule has 10 heteroatoms. The quantitative estimate of drug-likeness (QED) is 0.208. The first-order valence-corrected chi connectivity index (χ1v) is 19.0. The number of likely N-dealkylation sites (tertiary alicyclic amines) is 1. The van der Waals surface area contributed by atoms with E-state index >= 15 is 9.59 Å². The van der Waals surface area contributed by atoms with Gasteiger partial charge in [0.15, 0.2) is 0 Å². The van der Waals surface area contributed by atoms with Gasteiger partial charge in [0, 0.05) is 25.7 Å². The van der Waals surface area contributed by atoms with E-state index in [9.17, 15) is 14.7 Å². The first-order chi connectivity index (χ1) is 26.7. The Morgan fingerprint density at radius 1 is 0.855 bits per heavy atom. The highest BCUT2D eigenvalue weighted by molar-refractivity contribution is 6.06. The maximum Gasteiger partial charge on any atom is 0.313 e. The summed E-state index contributed by atoms with van der Waals surface area (Å²) in [5.41, 5.74) is 0.704. The highest BCUT2D eigenvalue weighted by atomic mass is 16.6. The Morgan fingerprint density at radius 3 is 2.31 bits per heavy atom. The smallest absolute Gasteiger partial charge is 0.313 e. The largest absolute Gasteiger partial charge is 0.455 e. The van der Waals surface area contributed by atoms with Crippen molar-refractivity contribution in [2.24, 2.45) is 11.8 Å². The number of cyclic esters (lactones) is 1. The number of allylic oxidation sites excluding steroid dienone is 1. The van der Waals surface area contributed by atoms with Crippen LogP contribution in [0.4, 0.5) is 5.69 Å². The van der Waals surface area contributed by atoms with E-state index in [1.165, 1.54) is 4.90 Å². The summed E-state index contributed by atoms with van der Waals surface area (Å²) in [4.78, 5) is 63.4. The predicted octanol–water partition coefficient (Wildman–Crippen LogP) is 5.41. The molecule has 2 saturated heterocycles. The molecule has 4 aliphatic heterocycles. The zero-order valence-corrected chi connectivity index (χ0v) is 30.9. The van der Waals surface area contributed by atoms with Crippen LogP contribution < -0.4 is 4.90 Å². The van der Waals surface area contributed by atoms with E-state index in [1.54, 1.807) is 29.0 Å². The molecule has 55 heavy (non-hydrogen) atoms. The second-order valence-corrected chi connectivity index (χ2v) is 15.0. The molecule has 1 N–H and O–H groups in total. The number of likely N-dealkylation sites (N-methyl/N-ethyl adjacent to an activating group) is 1. The van der Waals surface area contributed by atoms with Crippen LogP contribution in [0.2, 0.25) is 0 Å². The van der Waals surface area contributed by atoms with Crippen molar-refractivity contribution in [1.82, 2.24) is 9.80 Å². The van der Waals surface area contributed by atoms with Crippen molar-refractivity contribution in [3.63, 3.8) is 0 Å². The molecule has 4 aromatic rings. The number of hydrogen-bond donors (Lipinski definition) is 1. The average molecular weight is 740 g/mol. The minimum Gasteiger partial charge on any atom is -0.455 e. The van der Waals surface area contributed by atoms with Crippen LogP contribution in [0.5, 0.6) is 0 Å². The molecular formula is C45H45N3O7. The third-order valence-corrected chi connectivity index (χ3v) is 11.8. The second kappa shape index (κ2) is 14.9. The van der Waals surface area contributed by atoms with Gasteiger partial charge >= 0.3 is 5.97 Å². The molecule has 10 nitrogen and oxygen atoms in total. The van der Waals surface area contributed by atoms with Crippen LogP contribution in [0, 0.1) is 11.8 Å². The number of hydrogen-bond acceptors (Lipinski definition) is 7. The maximum atomic E-state index is 15.5. The maximum absolute atomic E-state index is 15.5. The number of rotatable bonds is 6. The van der Waals surface area contributed by atoms with Crippen molar-refractivity contribution in [3.05, 3.63) is 139 Å². The number of fused-ring (bicyclic) bond motifs is 3. The molecule has 0 unspecified atom stereocenters. The first kappa shape index (κ1) is 36.4. The van der Waals surface area contributed by atoms with E-state index in [1.807, 2.05) is 122 Å². The van der Waals surface area contributed by atoms with Crippen LogP contribution in [0.25, 0.3) is 10.8 Å². The summed E-state index contributed by atoms with van der Waals surface area (Å²) in [5, 5.41) is 12.9. The average Bonchev–Trinajstić information content (AvgIpc) is 3.87. The summed E-state index contributed by atoms with van der Waals surface area (Å²) in [7, 11) is 1.71. The van der Waals surface area contributed by atoms with Crippen LogP contribution in [0.15, 0.2) is 127 Å². The van der Waals surface area contributed by atoms with Crippen LogP contribution in [-0.4, -0.2) is 88.6 Å². The number of amides is 3. The van der Waals surface area contributed by atoms with E-state index in [0.29, 0.717) is 17.7 Å². The molecule has 4 heterocycles. The van der Waals surface area contributed by atoms with Gasteiger partial charge in [0.25, 0.3) is 5.91 Å². The summed E-state index contributed by atoms with van der Waals surface area (Å²) in [5.74, 6) is -3.79. The van der Waals surface area contributed by atoms with Crippen LogP contribution in [0.3, 0.4) is 0 Å². The zero-order chi connectivity index (χ0) is 38.3. The molecule has 8 atom stereocenters. The number of carbonyl (C=O) groups is 4. The van der Waals surface area contributed by atoms with Crippen molar-refractivity contribution in [2.75, 3.05) is 25.1 Å². The van der Waals surface area contributed by atoms with Gasteiger partial charge < -0.3 is 29.3 Å². The third kappa shape index (κ3) is 6.43. The molecule has 0 aliphatic carbocycles. The molecule has 4 aromatic carbocycles. The number of benzene rings is 4. The number of aliphatic hydroxyl groups excluding tert-OH is 1. The lowest BCUT2D eigenvalue weighted by molar-refractivity contribution is -0.164. The monoisotopic (exact) mass is 739 g/mol. The Balaban J connectivity index is 1.26. The number of aliphatic hydroxyl groups is 1. The Bertz CT molecular complexity index is 2160. The molecule has 1 spiro atoms. The van der Waals surface area contributed by atoms with Crippen LogP contribution in [-0.2, 0) is 35.1 Å². The molecule has 0 saturated carbocycles. The van der Waals surface area contributed by atoms with Crippen molar-refractivity contribution in [2.45, 2.75) is 62.1 Å². The number of ether oxygens (including phenoxy) is 2. The number of esters is 1. The van der Waals surface area contributed by atoms with Gasteiger partial charge in [-0.15, -0.1) is 0 Å². The van der Waals surface area contributed by atoms with Gasteiger partial charge in [-0.25, -0.2) is 0 Å². The minimum atomic E-state index is -1.50.